The van der Waals surface area contributed by atoms with Crippen molar-refractivity contribution in [3.8, 4) is 0 Å². The fraction of sp³-hybridized carbons (Fsp3) is 0.333. The molecule has 2 rings (SSSR count). The van der Waals surface area contributed by atoms with Crippen molar-refractivity contribution < 1.29 is 9.59 Å². The Morgan fingerprint density at radius 1 is 1.31 bits per heavy atom. The maximum atomic E-state index is 11.6. The highest BCUT2D eigenvalue weighted by Crippen LogP contribution is 2.38. The summed E-state index contributed by atoms with van der Waals surface area (Å²) in [5.41, 5.74) is 6.26. The quantitative estimate of drug-likeness (QED) is 0.804. The first-order valence-corrected chi connectivity index (χ1v) is 5.28. The van der Waals surface area contributed by atoms with E-state index in [2.05, 4.69) is 12.2 Å². The second-order valence-corrected chi connectivity index (χ2v) is 4.25. The van der Waals surface area contributed by atoms with Crippen LogP contribution in [0.3, 0.4) is 0 Å². The Morgan fingerprint density at radius 2 is 1.88 bits per heavy atom. The number of amides is 2. The number of benzene rings is 1. The Bertz CT molecular complexity index is 425. The van der Waals surface area contributed by atoms with E-state index >= 15 is 0 Å². The van der Waals surface area contributed by atoms with E-state index in [0.717, 1.165) is 6.42 Å². The van der Waals surface area contributed by atoms with Crippen LogP contribution in [0.1, 0.15) is 23.7 Å². The van der Waals surface area contributed by atoms with Gasteiger partial charge < -0.3 is 11.1 Å². The number of nitrogens with one attached hydrogen (secondary N) is 1. The van der Waals surface area contributed by atoms with Crippen LogP contribution in [0.4, 0.5) is 5.69 Å². The van der Waals surface area contributed by atoms with Gasteiger partial charge in [0.25, 0.3) is 0 Å². The lowest BCUT2D eigenvalue weighted by molar-refractivity contribution is -0.117. The summed E-state index contributed by atoms with van der Waals surface area (Å²) < 4.78 is 0. The Labute approximate surface area is 93.8 Å². The monoisotopic (exact) mass is 218 g/mol. The van der Waals surface area contributed by atoms with Gasteiger partial charge in [-0.25, -0.2) is 0 Å². The molecule has 84 valence electrons. The molecule has 1 saturated carbocycles. The molecule has 4 nitrogen and oxygen atoms in total. The molecule has 0 unspecified atom stereocenters. The van der Waals surface area contributed by atoms with E-state index in [4.69, 9.17) is 5.73 Å². The molecule has 0 spiro atoms. The molecule has 0 heterocycles. The van der Waals surface area contributed by atoms with E-state index in [1.54, 1.807) is 24.3 Å². The number of carbonyl (C=O) groups excluding carboxylic acids is 2. The van der Waals surface area contributed by atoms with Gasteiger partial charge in [-0.2, -0.15) is 0 Å². The van der Waals surface area contributed by atoms with Gasteiger partial charge in [0.2, 0.25) is 11.8 Å². The molecule has 2 atom stereocenters. The van der Waals surface area contributed by atoms with Gasteiger partial charge >= 0.3 is 0 Å². The third-order valence-electron chi connectivity index (χ3n) is 2.88. The lowest BCUT2D eigenvalue weighted by atomic mass is 10.2. The number of rotatable bonds is 3. The van der Waals surface area contributed by atoms with Gasteiger partial charge in [-0.05, 0) is 36.6 Å². The SMILES string of the molecule is C[C@@H]1C[C@H]1C(=O)Nc1ccc(C(N)=O)cc1. The fourth-order valence-electron chi connectivity index (χ4n) is 1.64. The molecular weight excluding hydrogens is 204 g/mol. The van der Waals surface area contributed by atoms with Gasteiger partial charge in [0.15, 0.2) is 0 Å². The number of anilines is 1. The summed E-state index contributed by atoms with van der Waals surface area (Å²) >= 11 is 0. The van der Waals surface area contributed by atoms with E-state index in [1.807, 2.05) is 0 Å². The van der Waals surface area contributed by atoms with Crippen molar-refractivity contribution in [2.75, 3.05) is 5.32 Å². The number of nitrogens with two attached hydrogens (primary N) is 1. The molecular formula is C12H14N2O2. The zero-order valence-corrected chi connectivity index (χ0v) is 9.07. The lowest BCUT2D eigenvalue weighted by Crippen LogP contribution is -2.15. The minimum atomic E-state index is -0.464. The molecule has 0 aromatic heterocycles. The van der Waals surface area contributed by atoms with Crippen molar-refractivity contribution >= 4 is 17.5 Å². The van der Waals surface area contributed by atoms with E-state index in [1.165, 1.54) is 0 Å². The number of carbonyl (C=O) groups is 2. The largest absolute Gasteiger partial charge is 0.366 e. The predicted octanol–water partition coefficient (Wildman–Crippen LogP) is 1.38. The average molecular weight is 218 g/mol. The third-order valence-corrected chi connectivity index (χ3v) is 2.88. The van der Waals surface area contributed by atoms with Crippen LogP contribution in [0, 0.1) is 11.8 Å². The van der Waals surface area contributed by atoms with Crippen LogP contribution in [-0.4, -0.2) is 11.8 Å². The normalized spacial score (nSPS) is 22.6. The maximum Gasteiger partial charge on any atom is 0.248 e. The summed E-state index contributed by atoms with van der Waals surface area (Å²) in [6, 6.07) is 6.58. The van der Waals surface area contributed by atoms with E-state index in [-0.39, 0.29) is 11.8 Å². The second kappa shape index (κ2) is 3.96. The first kappa shape index (κ1) is 10.7. The maximum absolute atomic E-state index is 11.6. The summed E-state index contributed by atoms with van der Waals surface area (Å²) in [5, 5.41) is 2.81. The molecule has 0 aliphatic heterocycles. The number of hydrogen-bond donors (Lipinski definition) is 2. The first-order valence-electron chi connectivity index (χ1n) is 5.28. The van der Waals surface area contributed by atoms with Gasteiger partial charge in [0, 0.05) is 17.2 Å². The smallest absolute Gasteiger partial charge is 0.248 e. The van der Waals surface area contributed by atoms with Crippen LogP contribution < -0.4 is 11.1 Å². The molecule has 1 fully saturated rings. The second-order valence-electron chi connectivity index (χ2n) is 4.25. The predicted molar refractivity (Wildman–Crippen MR) is 60.9 cm³/mol. The van der Waals surface area contributed by atoms with Gasteiger partial charge in [-0.1, -0.05) is 6.92 Å². The first-order chi connectivity index (χ1) is 7.58. The van der Waals surface area contributed by atoms with Crippen molar-refractivity contribution in [2.45, 2.75) is 13.3 Å². The van der Waals surface area contributed by atoms with Crippen molar-refractivity contribution in [2.24, 2.45) is 17.6 Å². The number of hydrogen-bond acceptors (Lipinski definition) is 2. The van der Waals surface area contributed by atoms with Gasteiger partial charge in [-0.15, -0.1) is 0 Å². The number of primary amides is 1. The Kier molecular flexibility index (Phi) is 2.64. The Morgan fingerprint density at radius 3 is 2.31 bits per heavy atom. The standard InChI is InChI=1S/C12H14N2O2/c1-7-6-10(7)12(16)14-9-4-2-8(3-5-9)11(13)15/h2-5,7,10H,6H2,1H3,(H2,13,15)(H,14,16)/t7-,10-/m1/s1. The van der Waals surface area contributed by atoms with E-state index < -0.39 is 5.91 Å². The van der Waals surface area contributed by atoms with Gasteiger partial charge in [0.05, 0.1) is 0 Å². The summed E-state index contributed by atoms with van der Waals surface area (Å²) in [5.74, 6) is 0.230. The fourth-order valence-corrected chi connectivity index (χ4v) is 1.64. The van der Waals surface area contributed by atoms with Crippen LogP contribution in [0.5, 0.6) is 0 Å². The van der Waals surface area contributed by atoms with Crippen molar-refractivity contribution in [3.63, 3.8) is 0 Å². The molecule has 2 amide bonds. The van der Waals surface area contributed by atoms with Crippen LogP contribution in [0.15, 0.2) is 24.3 Å². The molecule has 3 N–H and O–H groups in total. The van der Waals surface area contributed by atoms with Crippen molar-refractivity contribution in [3.05, 3.63) is 29.8 Å². The van der Waals surface area contributed by atoms with Crippen LogP contribution in [-0.2, 0) is 4.79 Å². The average Bonchev–Trinajstić information content (AvgIpc) is 2.96. The van der Waals surface area contributed by atoms with Crippen molar-refractivity contribution in [1.82, 2.24) is 0 Å². The molecule has 4 heteroatoms. The Balaban J connectivity index is 2.00. The third kappa shape index (κ3) is 2.21. The summed E-state index contributed by atoms with van der Waals surface area (Å²) in [4.78, 5) is 22.4. The minimum absolute atomic E-state index is 0.0549. The van der Waals surface area contributed by atoms with Crippen LogP contribution in [0.25, 0.3) is 0 Å². The molecule has 1 aromatic carbocycles. The topological polar surface area (TPSA) is 72.2 Å². The highest BCUT2D eigenvalue weighted by atomic mass is 16.2. The summed E-state index contributed by atoms with van der Waals surface area (Å²) in [7, 11) is 0. The zero-order chi connectivity index (χ0) is 11.7. The van der Waals surface area contributed by atoms with E-state index in [9.17, 15) is 9.59 Å². The van der Waals surface area contributed by atoms with E-state index in [0.29, 0.717) is 17.2 Å². The van der Waals surface area contributed by atoms with Gasteiger partial charge in [0.1, 0.15) is 0 Å². The summed E-state index contributed by atoms with van der Waals surface area (Å²) in [6.45, 7) is 2.06. The zero-order valence-electron chi connectivity index (χ0n) is 9.07. The molecule has 0 saturated heterocycles. The van der Waals surface area contributed by atoms with Crippen LogP contribution >= 0.6 is 0 Å². The minimum Gasteiger partial charge on any atom is -0.366 e. The molecule has 1 aromatic rings. The molecule has 0 bridgehead atoms. The Hall–Kier alpha value is -1.84. The molecule has 0 radical (unpaired) electrons. The summed E-state index contributed by atoms with van der Waals surface area (Å²) in [6.07, 6.45) is 0.963. The van der Waals surface area contributed by atoms with Crippen molar-refractivity contribution in [1.29, 1.82) is 0 Å². The van der Waals surface area contributed by atoms with Crippen LogP contribution in [0.2, 0.25) is 0 Å². The lowest BCUT2D eigenvalue weighted by Gasteiger charge is -2.04. The highest BCUT2D eigenvalue weighted by molar-refractivity contribution is 5.96. The molecule has 16 heavy (non-hydrogen) atoms. The van der Waals surface area contributed by atoms with Gasteiger partial charge in [-0.3, -0.25) is 9.59 Å². The molecule has 1 aliphatic carbocycles. The highest BCUT2D eigenvalue weighted by Gasteiger charge is 2.38. The molecule has 1 aliphatic rings.